The van der Waals surface area contributed by atoms with Crippen LogP contribution in [0.5, 0.6) is 11.5 Å². The van der Waals surface area contributed by atoms with Crippen LogP contribution >= 0.6 is 22.7 Å². The lowest BCUT2D eigenvalue weighted by atomic mass is 9.77. The summed E-state index contributed by atoms with van der Waals surface area (Å²) in [6.45, 7) is 8.64. The molecule has 16 heteroatoms. The van der Waals surface area contributed by atoms with Crippen LogP contribution in [0.15, 0.2) is 35.0 Å². The van der Waals surface area contributed by atoms with Gasteiger partial charge in [-0.1, -0.05) is 0 Å². The van der Waals surface area contributed by atoms with Crippen LogP contribution in [-0.2, 0) is 39.7 Å². The van der Waals surface area contributed by atoms with E-state index in [1.165, 1.54) is 24.0 Å². The molecule has 4 aliphatic rings. The van der Waals surface area contributed by atoms with Crippen LogP contribution in [0.25, 0.3) is 0 Å². The summed E-state index contributed by atoms with van der Waals surface area (Å²) in [5, 5.41) is 0. The van der Waals surface area contributed by atoms with Gasteiger partial charge in [0.2, 0.25) is 12.4 Å². The Bertz CT molecular complexity index is 2020. The molecule has 1 saturated heterocycles. The molecule has 1 fully saturated rings. The maximum atomic E-state index is 15.0. The molecule has 0 N–H and O–H groups in total. The summed E-state index contributed by atoms with van der Waals surface area (Å²) in [5.41, 5.74) is 2.40. The van der Waals surface area contributed by atoms with E-state index in [1.54, 1.807) is 40.3 Å². The third kappa shape index (κ3) is 7.31. The standard InChI is InChI=1S/C39H45N3O11S2/c1-22-32(54-19-40-22)34(44)52-37(3,4)10-7-12-39(18-29(43)48-6,53-35(45)33-23(2)41-20-55-33)36(46)51-31-28(47-5)17-38-11-8-13-42(38)14-9-24-15-26-27(50-21-49-26)16-25(24)30(31)38/h15-17,19-20,30-31H,7-14,18,21H2,1-6H3/t30-,31-,38+,39-/m1/s1. The van der Waals surface area contributed by atoms with Crippen molar-refractivity contribution < 1.29 is 52.3 Å². The van der Waals surface area contributed by atoms with Crippen molar-refractivity contribution in [2.24, 2.45) is 0 Å². The van der Waals surface area contributed by atoms with E-state index in [0.717, 1.165) is 54.8 Å². The summed E-state index contributed by atoms with van der Waals surface area (Å²) in [7, 11) is 2.74. The molecule has 2 aromatic heterocycles. The Labute approximate surface area is 327 Å². The first-order valence-corrected chi connectivity index (χ1v) is 20.0. The van der Waals surface area contributed by atoms with Crippen LogP contribution in [0.1, 0.15) is 100 Å². The fraction of sp³-hybridized carbons (Fsp3) is 0.538. The fourth-order valence-corrected chi connectivity index (χ4v) is 9.74. The molecule has 0 saturated carbocycles. The number of aryl methyl sites for hydroxylation is 2. The Balaban J connectivity index is 1.24. The predicted octanol–water partition coefficient (Wildman–Crippen LogP) is 5.84. The minimum atomic E-state index is -2.14. The zero-order valence-corrected chi connectivity index (χ0v) is 33.4. The maximum absolute atomic E-state index is 15.0. The van der Waals surface area contributed by atoms with Gasteiger partial charge in [-0.15, -0.1) is 22.7 Å². The number of carbonyl (C=O) groups is 4. The molecule has 294 valence electrons. The molecule has 14 nitrogen and oxygen atoms in total. The molecule has 0 bridgehead atoms. The third-order valence-electron chi connectivity index (χ3n) is 11.1. The summed E-state index contributed by atoms with van der Waals surface area (Å²) in [4.78, 5) is 66.5. The van der Waals surface area contributed by atoms with E-state index in [1.807, 2.05) is 12.1 Å². The first-order chi connectivity index (χ1) is 26.3. The SMILES string of the molecule is COC(=O)C[C@@](CCCC(C)(C)OC(=O)c1scnc1C)(OC(=O)c1scnc1C)C(=O)O[C@@H]1C(OC)=C[C@]23CCCN2CCc2cc4c(cc2[C@H]13)OCO4. The van der Waals surface area contributed by atoms with E-state index >= 15 is 4.79 Å². The van der Waals surface area contributed by atoms with Crippen molar-refractivity contribution in [1.82, 2.24) is 14.9 Å². The van der Waals surface area contributed by atoms with Crippen LogP contribution in [-0.4, -0.2) is 95.7 Å². The van der Waals surface area contributed by atoms with Gasteiger partial charge in [0.05, 0.1) is 54.5 Å². The smallest absolute Gasteiger partial charge is 0.352 e. The van der Waals surface area contributed by atoms with Gasteiger partial charge in [0, 0.05) is 6.54 Å². The van der Waals surface area contributed by atoms with Crippen LogP contribution in [0.2, 0.25) is 0 Å². The van der Waals surface area contributed by atoms with E-state index in [9.17, 15) is 14.4 Å². The monoisotopic (exact) mass is 795 g/mol. The number of carbonyl (C=O) groups excluding carboxylic acids is 4. The molecule has 7 rings (SSSR count). The van der Waals surface area contributed by atoms with Crippen molar-refractivity contribution in [2.75, 3.05) is 34.1 Å². The Kier molecular flexibility index (Phi) is 10.7. The molecule has 0 unspecified atom stereocenters. The largest absolute Gasteiger partial charge is 0.497 e. The number of hydrogen-bond donors (Lipinski definition) is 0. The number of esters is 4. The van der Waals surface area contributed by atoms with Gasteiger partial charge in [-0.3, -0.25) is 9.69 Å². The number of benzene rings is 1. The van der Waals surface area contributed by atoms with Crippen LogP contribution in [0.4, 0.5) is 0 Å². The molecular formula is C39H45N3O11S2. The van der Waals surface area contributed by atoms with E-state index in [0.29, 0.717) is 33.5 Å². The molecule has 1 spiro atoms. The molecule has 5 heterocycles. The topological polar surface area (TPSA) is 162 Å². The van der Waals surface area contributed by atoms with Crippen molar-refractivity contribution >= 4 is 46.6 Å². The van der Waals surface area contributed by atoms with Crippen molar-refractivity contribution in [3.05, 3.63) is 67.3 Å². The van der Waals surface area contributed by atoms with Gasteiger partial charge in [-0.05, 0) is 102 Å². The summed E-state index contributed by atoms with van der Waals surface area (Å²) in [5.74, 6) is -1.73. The number of thiazole rings is 2. The summed E-state index contributed by atoms with van der Waals surface area (Å²) in [6.07, 6.45) is 3.27. The van der Waals surface area contributed by atoms with Gasteiger partial charge < -0.3 is 33.2 Å². The number of hydrogen-bond acceptors (Lipinski definition) is 16. The van der Waals surface area contributed by atoms with Gasteiger partial charge in [0.15, 0.2) is 17.6 Å². The number of rotatable bonds is 13. The van der Waals surface area contributed by atoms with Crippen molar-refractivity contribution in [1.29, 1.82) is 0 Å². The zero-order valence-electron chi connectivity index (χ0n) is 31.8. The summed E-state index contributed by atoms with van der Waals surface area (Å²) < 4.78 is 41.2. The van der Waals surface area contributed by atoms with Gasteiger partial charge >= 0.3 is 23.9 Å². The second kappa shape index (κ2) is 15.2. The highest BCUT2D eigenvalue weighted by atomic mass is 32.1. The Morgan fingerprint density at radius 3 is 2.25 bits per heavy atom. The van der Waals surface area contributed by atoms with Crippen LogP contribution in [0, 0.1) is 13.8 Å². The maximum Gasteiger partial charge on any atom is 0.352 e. The fourth-order valence-electron chi connectivity index (χ4n) is 8.38. The average molecular weight is 796 g/mol. The molecule has 0 radical (unpaired) electrons. The summed E-state index contributed by atoms with van der Waals surface area (Å²) >= 11 is 2.25. The second-order valence-electron chi connectivity index (χ2n) is 15.0. The normalized spacial score (nSPS) is 22.3. The highest BCUT2D eigenvalue weighted by Gasteiger charge is 2.59. The van der Waals surface area contributed by atoms with Crippen molar-refractivity contribution in [3.8, 4) is 11.5 Å². The molecule has 0 amide bonds. The number of fused-ring (bicyclic) bond motifs is 3. The minimum Gasteiger partial charge on any atom is -0.497 e. The quantitative estimate of drug-likeness (QED) is 0.150. The summed E-state index contributed by atoms with van der Waals surface area (Å²) in [6, 6.07) is 3.98. The Hall–Kier alpha value is -4.54. The minimum absolute atomic E-state index is 0.113. The molecule has 3 aliphatic heterocycles. The number of methoxy groups -OCH3 is 2. The van der Waals surface area contributed by atoms with Crippen LogP contribution < -0.4 is 9.47 Å². The first kappa shape index (κ1) is 38.7. The van der Waals surface area contributed by atoms with Gasteiger partial charge in [0.25, 0.3) is 0 Å². The van der Waals surface area contributed by atoms with Gasteiger partial charge in [0.1, 0.15) is 21.1 Å². The average Bonchev–Trinajstić information content (AvgIpc) is 3.98. The third-order valence-corrected chi connectivity index (χ3v) is 12.9. The highest BCUT2D eigenvalue weighted by molar-refractivity contribution is 7.12. The van der Waals surface area contributed by atoms with E-state index in [2.05, 4.69) is 20.9 Å². The zero-order chi connectivity index (χ0) is 39.1. The number of aromatic nitrogens is 2. The first-order valence-electron chi connectivity index (χ1n) is 18.3. The second-order valence-corrected chi connectivity index (χ2v) is 16.7. The number of nitrogens with zero attached hydrogens (tertiary/aromatic N) is 3. The lowest BCUT2D eigenvalue weighted by Gasteiger charge is -2.40. The molecular weight excluding hydrogens is 751 g/mol. The van der Waals surface area contributed by atoms with E-state index in [4.69, 9.17) is 33.2 Å². The molecule has 1 aromatic carbocycles. The van der Waals surface area contributed by atoms with Crippen LogP contribution in [0.3, 0.4) is 0 Å². The highest BCUT2D eigenvalue weighted by Crippen LogP contribution is 2.56. The van der Waals surface area contributed by atoms with Gasteiger partial charge in [-0.25, -0.2) is 24.4 Å². The van der Waals surface area contributed by atoms with Gasteiger partial charge in [-0.2, -0.15) is 0 Å². The van der Waals surface area contributed by atoms with E-state index in [-0.39, 0.29) is 30.9 Å². The lowest BCUT2D eigenvalue weighted by Crippen LogP contribution is -2.51. The Morgan fingerprint density at radius 1 is 0.945 bits per heavy atom. The van der Waals surface area contributed by atoms with E-state index < -0.39 is 59.1 Å². The van der Waals surface area contributed by atoms with Crippen molar-refractivity contribution in [3.63, 3.8) is 0 Å². The number of ether oxygens (including phenoxy) is 7. The molecule has 4 atom stereocenters. The lowest BCUT2D eigenvalue weighted by molar-refractivity contribution is -0.179. The predicted molar refractivity (Wildman–Crippen MR) is 199 cm³/mol. The molecule has 1 aliphatic carbocycles. The molecule has 3 aromatic rings. The van der Waals surface area contributed by atoms with Crippen molar-refractivity contribution in [2.45, 2.75) is 101 Å². The Morgan fingerprint density at radius 2 is 1.62 bits per heavy atom. The molecule has 55 heavy (non-hydrogen) atoms.